The fraction of sp³-hybridized carbons (Fsp3) is 0.660. The van der Waals surface area contributed by atoms with Crippen molar-refractivity contribution < 1.29 is 29.2 Å². The van der Waals surface area contributed by atoms with Crippen LogP contribution in [0.15, 0.2) is 48.6 Å². The number of H-pyrrole nitrogens is 1. The van der Waals surface area contributed by atoms with Gasteiger partial charge in [0.1, 0.15) is 18.0 Å². The summed E-state index contributed by atoms with van der Waals surface area (Å²) in [6, 6.07) is 13.7. The highest BCUT2D eigenvalue weighted by Crippen LogP contribution is 2.73. The molecule has 3 aromatic rings. The summed E-state index contributed by atoms with van der Waals surface area (Å²) in [7, 11) is 1.81. The predicted octanol–water partition coefficient (Wildman–Crippen LogP) is 8.16. The summed E-state index contributed by atoms with van der Waals surface area (Å²) in [5.41, 5.74) is 5.31. The molecule has 1 aromatic heterocycles. The maximum absolute atomic E-state index is 12.7. The number of unbranched alkanes of at least 4 members (excludes halogenated alkanes) is 1. The molecule has 6 aliphatic heterocycles. The van der Waals surface area contributed by atoms with Gasteiger partial charge in [0, 0.05) is 90.1 Å². The Bertz CT molecular complexity index is 2090. The molecule has 334 valence electrons. The standard InChI is InChI=1S/C44H56N4O6S.C4H10.C2H6/c1-5-41(51)22-28-23-42(6-2,38-30(13-16-46(24-28)25-41)29-10-7-8-12-34(29)45-38)33-20-32-35(21-36(33)52-4)48(26-55-19-18-49)44-40(54-44)37(53-27(3)50)31-11-9-15-47-17-14-43(32,44)39(31)47;1-3-4-2;1-2/h7-12,20-21,28,31,37,39-40,45,49,51H,5-6,13-19,22-26H2,1-4H3;3-4H2,1-2H3;1-2H3/t28?,31?,37?,39?,40?,41?,42-,43?,44?;;/m1../s1. The van der Waals surface area contributed by atoms with Gasteiger partial charge in [-0.2, -0.15) is 0 Å². The topological polar surface area (TPSA) is 114 Å². The van der Waals surface area contributed by atoms with Crippen LogP contribution in [0.4, 0.5) is 5.69 Å². The van der Waals surface area contributed by atoms with Crippen LogP contribution >= 0.6 is 11.8 Å². The number of thioether (sulfide) groups is 1. The number of hydrogen-bond donors (Lipinski definition) is 3. The summed E-state index contributed by atoms with van der Waals surface area (Å²) < 4.78 is 19.9. The molecule has 10 rings (SSSR count). The Morgan fingerprint density at radius 2 is 1.84 bits per heavy atom. The second kappa shape index (κ2) is 17.5. The summed E-state index contributed by atoms with van der Waals surface area (Å²) in [5, 5.41) is 23.1. The largest absolute Gasteiger partial charge is 0.496 e. The van der Waals surface area contributed by atoms with Crippen LogP contribution in [0.3, 0.4) is 0 Å². The van der Waals surface area contributed by atoms with Crippen LogP contribution in [0.5, 0.6) is 5.75 Å². The van der Waals surface area contributed by atoms with Gasteiger partial charge in [-0.1, -0.05) is 84.7 Å². The van der Waals surface area contributed by atoms with E-state index in [1.54, 1.807) is 11.8 Å². The molecule has 11 heteroatoms. The van der Waals surface area contributed by atoms with E-state index >= 15 is 0 Å². The minimum atomic E-state index is -0.710. The SMILES string of the molecule is CC.CCC1(O)CC2CN(CCc3c([nH]c4ccccc34)[C@@](CC)(c3cc4c(cc3OC)N(CSCCO)C35OC3C(OC(C)=O)C3C=CCN6CCC45C36)C2)C1.CCCC. The minimum absolute atomic E-state index is 0.00881. The van der Waals surface area contributed by atoms with Gasteiger partial charge in [0.25, 0.3) is 0 Å². The van der Waals surface area contributed by atoms with Gasteiger partial charge >= 0.3 is 5.97 Å². The van der Waals surface area contributed by atoms with Gasteiger partial charge in [0.05, 0.1) is 30.6 Å². The number of epoxide rings is 1. The number of rotatable bonds is 10. The van der Waals surface area contributed by atoms with Crippen molar-refractivity contribution in [3.05, 3.63) is 70.9 Å². The van der Waals surface area contributed by atoms with Gasteiger partial charge < -0.3 is 34.3 Å². The zero-order chi connectivity index (χ0) is 43.3. The van der Waals surface area contributed by atoms with Crippen LogP contribution in [0.1, 0.15) is 116 Å². The molecule has 10 nitrogen and oxygen atoms in total. The van der Waals surface area contributed by atoms with Crippen molar-refractivity contribution in [1.29, 1.82) is 0 Å². The average Bonchev–Trinajstić information content (AvgIpc) is 3.61. The number of ether oxygens (including phenoxy) is 3. The molecule has 4 fully saturated rings. The van der Waals surface area contributed by atoms with E-state index in [9.17, 15) is 15.0 Å². The number of benzene rings is 2. The summed E-state index contributed by atoms with van der Waals surface area (Å²) in [6.45, 7) is 18.9. The summed E-state index contributed by atoms with van der Waals surface area (Å²) >= 11 is 1.71. The molecular formula is C50H72N4O6S. The Kier molecular flexibility index (Phi) is 12.8. The molecule has 1 saturated carbocycles. The second-order valence-corrected chi connectivity index (χ2v) is 19.6. The third-order valence-corrected chi connectivity index (χ3v) is 16.5. The van der Waals surface area contributed by atoms with Crippen molar-refractivity contribution in [2.75, 3.05) is 63.0 Å². The molecule has 1 aliphatic carbocycles. The number of fused-ring (bicyclic) bond motifs is 6. The number of piperidine rings is 1. The molecule has 9 unspecified atom stereocenters. The number of aromatic amines is 1. The highest BCUT2D eigenvalue weighted by atomic mass is 32.2. The number of aliphatic hydroxyl groups is 2. The van der Waals surface area contributed by atoms with Gasteiger partial charge in [0.2, 0.25) is 0 Å². The number of nitrogens with zero attached hydrogens (tertiary/aromatic N) is 3. The Morgan fingerprint density at radius 1 is 1.05 bits per heavy atom. The molecule has 2 spiro atoms. The van der Waals surface area contributed by atoms with E-state index < -0.39 is 16.7 Å². The third-order valence-electron chi connectivity index (χ3n) is 15.5. The Balaban J connectivity index is 0.000000811. The average molecular weight is 857 g/mol. The number of hydrogen-bond acceptors (Lipinski definition) is 10. The highest BCUT2D eigenvalue weighted by Gasteiger charge is 2.86. The van der Waals surface area contributed by atoms with Crippen molar-refractivity contribution in [2.24, 2.45) is 11.8 Å². The summed E-state index contributed by atoms with van der Waals surface area (Å²) in [5.74, 6) is 2.16. The third kappa shape index (κ3) is 6.89. The van der Waals surface area contributed by atoms with E-state index in [-0.39, 0.29) is 48.1 Å². The maximum atomic E-state index is 12.7. The first-order valence-corrected chi connectivity index (χ1v) is 24.7. The van der Waals surface area contributed by atoms with Crippen molar-refractivity contribution in [3.63, 3.8) is 0 Å². The maximum Gasteiger partial charge on any atom is 0.303 e. The molecule has 61 heavy (non-hydrogen) atoms. The van der Waals surface area contributed by atoms with E-state index in [1.165, 1.54) is 53.1 Å². The fourth-order valence-electron chi connectivity index (χ4n) is 12.9. The number of esters is 1. The lowest BCUT2D eigenvalue weighted by Crippen LogP contribution is -2.66. The molecule has 3 saturated heterocycles. The van der Waals surface area contributed by atoms with Crippen LogP contribution < -0.4 is 9.64 Å². The number of nitrogens with one attached hydrogen (secondary N) is 1. The van der Waals surface area contributed by atoms with Crippen LogP contribution in [0.25, 0.3) is 10.9 Å². The quantitative estimate of drug-likeness (QED) is 0.0800. The van der Waals surface area contributed by atoms with E-state index in [4.69, 9.17) is 14.2 Å². The first-order chi connectivity index (χ1) is 29.6. The molecule has 2 bridgehead atoms. The van der Waals surface area contributed by atoms with Gasteiger partial charge in [-0.3, -0.25) is 14.6 Å². The summed E-state index contributed by atoms with van der Waals surface area (Å²) in [6.07, 6.45) is 11.7. The van der Waals surface area contributed by atoms with Crippen molar-refractivity contribution in [2.45, 2.75) is 140 Å². The molecule has 10 atom stereocenters. The first-order valence-electron chi connectivity index (χ1n) is 23.6. The molecule has 2 aromatic carbocycles. The van der Waals surface area contributed by atoms with E-state index in [0.717, 1.165) is 82.7 Å². The number of anilines is 1. The van der Waals surface area contributed by atoms with E-state index in [2.05, 4.69) is 95.9 Å². The van der Waals surface area contributed by atoms with Crippen molar-refractivity contribution >= 4 is 34.3 Å². The molecule has 7 heterocycles. The molecular weight excluding hydrogens is 785 g/mol. The van der Waals surface area contributed by atoms with E-state index in [0.29, 0.717) is 11.6 Å². The Morgan fingerprint density at radius 3 is 2.54 bits per heavy atom. The second-order valence-electron chi connectivity index (χ2n) is 18.5. The smallest absolute Gasteiger partial charge is 0.303 e. The van der Waals surface area contributed by atoms with Crippen LogP contribution in [0.2, 0.25) is 0 Å². The highest BCUT2D eigenvalue weighted by molar-refractivity contribution is 7.99. The number of aromatic nitrogens is 1. The minimum Gasteiger partial charge on any atom is -0.496 e. The van der Waals surface area contributed by atoms with Gasteiger partial charge in [-0.05, 0) is 74.2 Å². The lowest BCUT2D eigenvalue weighted by Gasteiger charge is -2.50. The van der Waals surface area contributed by atoms with Gasteiger partial charge in [-0.25, -0.2) is 0 Å². The fourth-order valence-corrected chi connectivity index (χ4v) is 13.7. The monoisotopic (exact) mass is 857 g/mol. The Labute approximate surface area is 368 Å². The van der Waals surface area contributed by atoms with Gasteiger partial charge in [-0.15, -0.1) is 11.8 Å². The van der Waals surface area contributed by atoms with Crippen LogP contribution in [0, 0.1) is 11.8 Å². The van der Waals surface area contributed by atoms with Crippen molar-refractivity contribution in [1.82, 2.24) is 14.8 Å². The number of methoxy groups -OCH3 is 1. The number of carbonyl (C=O) groups excluding carboxylic acids is 1. The lowest BCUT2D eigenvalue weighted by molar-refractivity contribution is -0.152. The predicted molar refractivity (Wildman–Crippen MR) is 247 cm³/mol. The number of carbonyl (C=O) groups is 1. The lowest BCUT2D eigenvalue weighted by atomic mass is 9.58. The molecule has 0 amide bonds. The number of para-hydroxylation sites is 1. The Hall–Kier alpha value is -3.06. The zero-order valence-electron chi connectivity index (χ0n) is 38.1. The van der Waals surface area contributed by atoms with Crippen molar-refractivity contribution in [3.8, 4) is 5.75 Å². The normalized spacial score (nSPS) is 35.1. The molecule has 7 aliphatic rings. The summed E-state index contributed by atoms with van der Waals surface area (Å²) in [4.78, 5) is 24.3. The first kappa shape index (κ1) is 44.5. The van der Waals surface area contributed by atoms with Gasteiger partial charge in [0.15, 0.2) is 5.72 Å². The molecule has 0 radical (unpaired) electrons. The molecule has 3 N–H and O–H groups in total. The van der Waals surface area contributed by atoms with E-state index in [1.807, 2.05) is 21.0 Å². The van der Waals surface area contributed by atoms with Crippen LogP contribution in [-0.4, -0.2) is 119 Å². The zero-order valence-corrected chi connectivity index (χ0v) is 38.9. The number of aliphatic hydroxyl groups excluding tert-OH is 1. The van der Waals surface area contributed by atoms with Crippen LogP contribution in [-0.2, 0) is 31.5 Å².